The molecule has 1 amide bonds. The zero-order valence-corrected chi connectivity index (χ0v) is 45.9. The molecule has 4 aliphatic heterocycles. The molecule has 4 aliphatic rings. The Labute approximate surface area is 445 Å². The van der Waals surface area contributed by atoms with Crippen LogP contribution in [0.3, 0.4) is 0 Å². The summed E-state index contributed by atoms with van der Waals surface area (Å²) in [4.78, 5) is 46.7. The number of hydrogen-bond acceptors (Lipinski definition) is 16. The van der Waals surface area contributed by atoms with E-state index in [0.29, 0.717) is 53.7 Å². The minimum absolute atomic E-state index is 0.0367. The van der Waals surface area contributed by atoms with Crippen molar-refractivity contribution >= 4 is 49.9 Å². The first-order valence-corrected chi connectivity index (χ1v) is 28.1. The van der Waals surface area contributed by atoms with Crippen LogP contribution in [0.15, 0.2) is 72.3 Å². The van der Waals surface area contributed by atoms with E-state index >= 15 is 0 Å². The summed E-state index contributed by atoms with van der Waals surface area (Å²) >= 11 is 0. The Hall–Kier alpha value is -6.35. The average molecular weight is 1060 g/mol. The van der Waals surface area contributed by atoms with E-state index < -0.39 is 14.6 Å². The molecule has 0 unspecified atom stereocenters. The molecule has 2 aromatic carbocycles. The maximum atomic E-state index is 14.3. The number of nitrogens with one attached hydrogen (secondary N) is 3. The number of carbonyl (C=O) groups excluding carboxylic acids is 1. The quantitative estimate of drug-likeness (QED) is 0.0863. The number of hydrogen-bond donors (Lipinski definition) is 3. The molecule has 76 heavy (non-hydrogen) atoms. The summed E-state index contributed by atoms with van der Waals surface area (Å²) in [6, 6.07) is 12.4. The van der Waals surface area contributed by atoms with Crippen molar-refractivity contribution in [2.75, 3.05) is 87.2 Å². The van der Waals surface area contributed by atoms with E-state index in [9.17, 15) is 17.6 Å². The summed E-state index contributed by atoms with van der Waals surface area (Å²) in [5, 5.41) is 14.7. The predicted molar refractivity (Wildman–Crippen MR) is 292 cm³/mol. The molecule has 8 heterocycles. The molecule has 10 rings (SSSR count). The fraction of sp³-hybridized carbons (Fsp3) is 0.518. The van der Waals surface area contributed by atoms with Gasteiger partial charge in [-0.25, -0.2) is 32.7 Å². The Morgan fingerprint density at radius 1 is 0.882 bits per heavy atom. The number of benzene rings is 2. The Kier molecular flexibility index (Phi) is 14.8. The molecule has 404 valence electrons. The molecular weight excluding hydrogens is 986 g/mol. The highest BCUT2D eigenvalue weighted by molar-refractivity contribution is 7.92. The second-order valence-corrected chi connectivity index (χ2v) is 25.7. The predicted octanol–water partition coefficient (Wildman–Crippen LogP) is 7.33. The number of halogens is 1. The van der Waals surface area contributed by atoms with E-state index in [0.717, 1.165) is 105 Å². The van der Waals surface area contributed by atoms with Gasteiger partial charge in [-0.1, -0.05) is 26.0 Å². The van der Waals surface area contributed by atoms with Gasteiger partial charge in [0.05, 0.1) is 40.6 Å². The van der Waals surface area contributed by atoms with Gasteiger partial charge >= 0.3 is 0 Å². The van der Waals surface area contributed by atoms with Crippen LogP contribution < -0.4 is 29.9 Å². The molecule has 0 radical (unpaired) electrons. The van der Waals surface area contributed by atoms with Gasteiger partial charge in [-0.2, -0.15) is 5.10 Å². The van der Waals surface area contributed by atoms with Crippen molar-refractivity contribution in [3.63, 3.8) is 0 Å². The first kappa shape index (κ1) is 53.1. The highest BCUT2D eigenvalue weighted by Crippen LogP contribution is 2.43. The number of pyridine rings is 1. The molecule has 20 heteroatoms. The van der Waals surface area contributed by atoms with Crippen LogP contribution in [-0.4, -0.2) is 148 Å². The molecule has 6 aromatic rings. The third kappa shape index (κ3) is 11.2. The molecule has 3 fully saturated rings. The second kappa shape index (κ2) is 21.2. The number of ether oxygens (including phenoxy) is 2. The number of aromatic nitrogens is 7. The number of piperazine rings is 1. The number of nitrogens with zero attached hydrogens (tertiary/aromatic N) is 10. The lowest BCUT2D eigenvalue weighted by atomic mass is 9.71. The van der Waals surface area contributed by atoms with Gasteiger partial charge in [0.15, 0.2) is 21.4 Å². The number of amides is 1. The van der Waals surface area contributed by atoms with Crippen molar-refractivity contribution in [1.82, 2.24) is 50.2 Å². The SMILES string of the molecule is Cc1[nH]nc(Nc2ncnc3cc(OCCOc4cnc(N5CCC6(CCN(C[C@H]7CN[C@H](C)CN7CC(=O)N7CC(C)(C)c8ncc(Cc9ccc(F)cc9)cc87)CC6)CC5)nc4)c(S(=O)(=O)C(C)(C)C)cc23)c1C. The smallest absolute Gasteiger partial charge is 0.241 e. The van der Waals surface area contributed by atoms with Crippen LogP contribution in [0.2, 0.25) is 0 Å². The van der Waals surface area contributed by atoms with E-state index in [1.807, 2.05) is 24.9 Å². The Balaban J connectivity index is 0.701. The van der Waals surface area contributed by atoms with Crippen molar-refractivity contribution in [2.24, 2.45) is 5.41 Å². The van der Waals surface area contributed by atoms with E-state index in [4.69, 9.17) is 14.5 Å². The molecule has 1 spiro atoms. The number of aryl methyl sites for hydroxylation is 1. The number of H-pyrrole nitrogens is 1. The molecule has 3 N–H and O–H groups in total. The fourth-order valence-electron chi connectivity index (χ4n) is 11.2. The zero-order chi connectivity index (χ0) is 53.6. The van der Waals surface area contributed by atoms with Crippen molar-refractivity contribution in [3.8, 4) is 11.5 Å². The second-order valence-electron chi connectivity index (χ2n) is 23.1. The number of rotatable bonds is 15. The molecule has 0 bridgehead atoms. The molecule has 4 aromatic heterocycles. The van der Waals surface area contributed by atoms with Gasteiger partial charge < -0.3 is 34.8 Å². The van der Waals surface area contributed by atoms with Gasteiger partial charge in [0.1, 0.15) is 41.8 Å². The number of piperidine rings is 2. The number of likely N-dealkylation sites (tertiary alicyclic amines) is 1. The number of anilines is 4. The zero-order valence-electron chi connectivity index (χ0n) is 45.1. The van der Waals surface area contributed by atoms with Gasteiger partial charge in [0.25, 0.3) is 0 Å². The maximum Gasteiger partial charge on any atom is 0.241 e. The standard InChI is InChI=1S/C56H72FN13O5S/c1-36-31-69(33-49(71)70-34-55(7,8)50-46(70)24-40(27-59-50)23-39-9-11-41(57)12-10-39)42(28-58-36)32-67-17-13-56(14-18-67)15-19-68(20-16-56)53-60-29-43(30-61-53)74-21-22-75-47-26-45-44(25-48(47)76(72,73)54(4,5)6)52(63-35-62-45)64-51-37(2)38(3)65-66-51/h9-12,24-27,29-30,35-36,42,58H,13-23,28,31-34H2,1-8H3,(H2,62,63,64,65,66)/t36-,42-/m1/s1. The van der Waals surface area contributed by atoms with Crippen LogP contribution in [-0.2, 0) is 26.5 Å². The summed E-state index contributed by atoms with van der Waals surface area (Å²) in [6.07, 6.45) is 11.7. The summed E-state index contributed by atoms with van der Waals surface area (Å²) in [7, 11) is -3.86. The van der Waals surface area contributed by atoms with Crippen molar-refractivity contribution in [2.45, 2.75) is 115 Å². The molecule has 0 aliphatic carbocycles. The van der Waals surface area contributed by atoms with Gasteiger partial charge in [0, 0.05) is 85.7 Å². The summed E-state index contributed by atoms with van der Waals surface area (Å²) < 4.78 is 52.6. The van der Waals surface area contributed by atoms with Gasteiger partial charge in [-0.3, -0.25) is 19.8 Å². The third-order valence-electron chi connectivity index (χ3n) is 16.1. The monoisotopic (exact) mass is 1060 g/mol. The summed E-state index contributed by atoms with van der Waals surface area (Å²) in [6.45, 7) is 22.9. The fourth-order valence-corrected chi connectivity index (χ4v) is 12.5. The van der Waals surface area contributed by atoms with Crippen LogP contribution in [0.25, 0.3) is 10.9 Å². The van der Waals surface area contributed by atoms with Gasteiger partial charge in [-0.05, 0) is 128 Å². The lowest BCUT2D eigenvalue weighted by Gasteiger charge is -2.48. The molecule has 3 saturated heterocycles. The Morgan fingerprint density at radius 2 is 1.59 bits per heavy atom. The van der Waals surface area contributed by atoms with Crippen molar-refractivity contribution in [3.05, 3.63) is 101 Å². The lowest BCUT2D eigenvalue weighted by Crippen LogP contribution is -2.61. The van der Waals surface area contributed by atoms with E-state index in [1.165, 1.54) is 18.5 Å². The number of fused-ring (bicyclic) bond motifs is 2. The first-order chi connectivity index (χ1) is 36.2. The van der Waals surface area contributed by atoms with Crippen LogP contribution in [0.4, 0.5) is 27.7 Å². The average Bonchev–Trinajstić information content (AvgIpc) is 3.88. The van der Waals surface area contributed by atoms with Crippen molar-refractivity contribution < 1.29 is 27.1 Å². The number of carbonyl (C=O) groups is 1. The van der Waals surface area contributed by atoms with E-state index in [1.54, 1.807) is 57.4 Å². The number of sulfone groups is 1. The van der Waals surface area contributed by atoms with Crippen LogP contribution >= 0.6 is 0 Å². The normalized spacial score (nSPS) is 20.0. The van der Waals surface area contributed by atoms with E-state index in [2.05, 4.69) is 82.3 Å². The number of aromatic amines is 1. The Bertz CT molecular complexity index is 3170. The largest absolute Gasteiger partial charge is 0.489 e. The van der Waals surface area contributed by atoms with Crippen LogP contribution in [0.1, 0.15) is 95.3 Å². The van der Waals surface area contributed by atoms with Crippen molar-refractivity contribution in [1.29, 1.82) is 0 Å². The molecule has 18 nitrogen and oxygen atoms in total. The first-order valence-electron chi connectivity index (χ1n) is 26.6. The lowest BCUT2D eigenvalue weighted by molar-refractivity contribution is -0.120. The van der Waals surface area contributed by atoms with Gasteiger partial charge in [0.2, 0.25) is 11.9 Å². The van der Waals surface area contributed by atoms with E-state index in [-0.39, 0.29) is 58.5 Å². The minimum Gasteiger partial charge on any atom is -0.489 e. The summed E-state index contributed by atoms with van der Waals surface area (Å²) in [5.74, 6) is 2.21. The summed E-state index contributed by atoms with van der Waals surface area (Å²) in [5.41, 5.74) is 6.20. The highest BCUT2D eigenvalue weighted by Gasteiger charge is 2.43. The molecular formula is C56H72FN13O5S. The maximum absolute atomic E-state index is 14.3. The molecule has 2 atom stereocenters. The Morgan fingerprint density at radius 3 is 2.29 bits per heavy atom. The van der Waals surface area contributed by atoms with Crippen LogP contribution in [0.5, 0.6) is 11.5 Å². The topological polar surface area (TPSA) is 200 Å². The highest BCUT2D eigenvalue weighted by atomic mass is 32.2. The molecule has 0 saturated carbocycles. The third-order valence-corrected chi connectivity index (χ3v) is 18.6. The van der Waals surface area contributed by atoms with Gasteiger partial charge in [-0.15, -0.1) is 0 Å². The van der Waals surface area contributed by atoms with Crippen LogP contribution in [0, 0.1) is 25.1 Å². The minimum atomic E-state index is -3.86.